The number of Topliss-reactive ketones (excluding diaryl/α,β-unsaturated/α-hetero) is 1. The number of hydrogen-bond donors (Lipinski definition) is 0. The third kappa shape index (κ3) is 6.12. The lowest BCUT2D eigenvalue weighted by Gasteiger charge is -1.92. The van der Waals surface area contributed by atoms with Crippen molar-refractivity contribution in [3.05, 3.63) is 0 Å². The van der Waals surface area contributed by atoms with E-state index >= 15 is 0 Å². The van der Waals surface area contributed by atoms with Crippen molar-refractivity contribution < 1.29 is 4.79 Å². The molecule has 0 aromatic carbocycles. The van der Waals surface area contributed by atoms with E-state index in [0.29, 0.717) is 17.5 Å². The average Bonchev–Trinajstić information content (AvgIpc) is 1.98. The van der Waals surface area contributed by atoms with Gasteiger partial charge in [-0.2, -0.15) is 17.0 Å². The molecule has 0 N–H and O–H groups in total. The number of halogens is 1. The highest BCUT2D eigenvalue weighted by Crippen LogP contribution is 2.02. The zero-order chi connectivity index (χ0) is 7.82. The molecule has 56 valence electrons. The summed E-state index contributed by atoms with van der Waals surface area (Å²) in [4.78, 5) is 10.6. The molecule has 0 amide bonds. The third-order valence-electron chi connectivity index (χ3n) is 0.770. The minimum absolute atomic E-state index is 0.183. The molecule has 0 saturated carbocycles. The molecule has 0 aromatic heterocycles. The smallest absolute Gasteiger partial charge is 0.153 e. The summed E-state index contributed by atoms with van der Waals surface area (Å²) in [6.45, 7) is 0. The molecule has 0 bridgehead atoms. The maximum Gasteiger partial charge on any atom is 0.153 e. The summed E-state index contributed by atoms with van der Waals surface area (Å²) in [5.74, 6) is 1.46. The first-order valence-electron chi connectivity index (χ1n) is 2.83. The summed E-state index contributed by atoms with van der Waals surface area (Å²) in [5.41, 5.74) is 0. The van der Waals surface area contributed by atoms with Crippen LogP contribution in [0, 0.1) is 11.3 Å². The minimum Gasteiger partial charge on any atom is -0.298 e. The molecule has 0 fully saturated rings. The van der Waals surface area contributed by atoms with Gasteiger partial charge in [-0.15, -0.1) is 0 Å². The van der Waals surface area contributed by atoms with E-state index in [9.17, 15) is 4.79 Å². The molecule has 0 heterocycles. The van der Waals surface area contributed by atoms with Crippen molar-refractivity contribution in [2.75, 3.05) is 16.8 Å². The topological polar surface area (TPSA) is 40.9 Å². The van der Waals surface area contributed by atoms with Gasteiger partial charge in [-0.05, 0) is 0 Å². The second-order valence-electron chi connectivity index (χ2n) is 1.63. The quantitative estimate of drug-likeness (QED) is 0.524. The maximum absolute atomic E-state index is 10.6. The van der Waals surface area contributed by atoms with Gasteiger partial charge in [0.1, 0.15) is 0 Å². The summed E-state index contributed by atoms with van der Waals surface area (Å²) in [6.07, 6.45) is 0.528. The Labute approximate surface area is 73.1 Å². The van der Waals surface area contributed by atoms with E-state index in [-0.39, 0.29) is 5.78 Å². The van der Waals surface area contributed by atoms with Gasteiger partial charge in [-0.1, -0.05) is 15.9 Å². The number of hydrogen-bond acceptors (Lipinski definition) is 3. The van der Waals surface area contributed by atoms with Crippen molar-refractivity contribution in [3.63, 3.8) is 0 Å². The number of carbonyl (C=O) groups excluding carboxylic acids is 1. The Morgan fingerprint density at radius 3 is 2.90 bits per heavy atom. The summed E-state index contributed by atoms with van der Waals surface area (Å²) < 4.78 is 0. The van der Waals surface area contributed by atoms with Gasteiger partial charge in [0, 0.05) is 12.2 Å². The van der Waals surface area contributed by atoms with Gasteiger partial charge < -0.3 is 0 Å². The van der Waals surface area contributed by atoms with E-state index in [2.05, 4.69) is 15.9 Å². The number of nitrogens with zero attached hydrogens (tertiary/aromatic N) is 1. The number of carbonyl (C=O) groups is 1. The molecule has 4 heteroatoms. The van der Waals surface area contributed by atoms with Crippen LogP contribution in [0.4, 0.5) is 0 Å². The van der Waals surface area contributed by atoms with Crippen LogP contribution in [0.2, 0.25) is 0 Å². The minimum atomic E-state index is 0.183. The third-order valence-corrected chi connectivity index (χ3v) is 2.41. The first kappa shape index (κ1) is 9.99. The fourth-order valence-corrected chi connectivity index (χ4v) is 1.51. The number of ketones is 1. The van der Waals surface area contributed by atoms with Crippen molar-refractivity contribution >= 4 is 33.5 Å². The van der Waals surface area contributed by atoms with Gasteiger partial charge in [-0.3, -0.25) is 4.79 Å². The summed E-state index contributed by atoms with van der Waals surface area (Å²) in [6, 6.07) is 2.02. The van der Waals surface area contributed by atoms with Gasteiger partial charge in [0.2, 0.25) is 0 Å². The van der Waals surface area contributed by atoms with Crippen LogP contribution in [0.15, 0.2) is 0 Å². The molecular weight excluding hydrogens is 214 g/mol. The molecule has 0 rings (SSSR count). The Morgan fingerprint density at radius 1 is 1.70 bits per heavy atom. The van der Waals surface area contributed by atoms with Crippen molar-refractivity contribution in [3.8, 4) is 6.07 Å². The molecule has 0 unspecified atom stereocenters. The van der Waals surface area contributed by atoms with Gasteiger partial charge >= 0.3 is 0 Å². The first-order chi connectivity index (χ1) is 4.81. The number of rotatable bonds is 5. The lowest BCUT2D eigenvalue weighted by atomic mass is 10.5. The van der Waals surface area contributed by atoms with Crippen LogP contribution in [0.5, 0.6) is 0 Å². The SMILES string of the molecule is N#CCCSCC(=O)CBr. The normalized spacial score (nSPS) is 8.80. The van der Waals surface area contributed by atoms with Crippen molar-refractivity contribution in [2.24, 2.45) is 0 Å². The van der Waals surface area contributed by atoms with Gasteiger partial charge in [0.15, 0.2) is 5.78 Å². The van der Waals surface area contributed by atoms with Crippen LogP contribution in [0.25, 0.3) is 0 Å². The highest BCUT2D eigenvalue weighted by molar-refractivity contribution is 9.09. The zero-order valence-electron chi connectivity index (χ0n) is 5.47. The Morgan fingerprint density at radius 2 is 2.40 bits per heavy atom. The number of nitriles is 1. The van der Waals surface area contributed by atoms with Crippen LogP contribution in [0.1, 0.15) is 6.42 Å². The van der Waals surface area contributed by atoms with E-state index in [0.717, 1.165) is 5.75 Å². The largest absolute Gasteiger partial charge is 0.298 e. The van der Waals surface area contributed by atoms with Crippen molar-refractivity contribution in [1.29, 1.82) is 5.26 Å². The van der Waals surface area contributed by atoms with Gasteiger partial charge in [0.05, 0.1) is 17.2 Å². The maximum atomic E-state index is 10.6. The summed E-state index contributed by atoms with van der Waals surface area (Å²) >= 11 is 4.56. The van der Waals surface area contributed by atoms with E-state index in [4.69, 9.17) is 5.26 Å². The average molecular weight is 222 g/mol. The van der Waals surface area contributed by atoms with Gasteiger partial charge in [0.25, 0.3) is 0 Å². The van der Waals surface area contributed by atoms with Crippen LogP contribution in [0.3, 0.4) is 0 Å². The highest BCUT2D eigenvalue weighted by atomic mass is 79.9. The molecule has 0 aliphatic heterocycles. The lowest BCUT2D eigenvalue weighted by Crippen LogP contribution is -2.02. The standard InChI is InChI=1S/C6H8BrNOS/c7-4-6(9)5-10-3-1-2-8/h1,3-5H2. The van der Waals surface area contributed by atoms with Crippen LogP contribution >= 0.6 is 27.7 Å². The Kier molecular flexibility index (Phi) is 7.09. The molecule has 0 atom stereocenters. The predicted molar refractivity (Wildman–Crippen MR) is 46.4 cm³/mol. The van der Waals surface area contributed by atoms with E-state index in [1.165, 1.54) is 11.8 Å². The second-order valence-corrected chi connectivity index (χ2v) is 3.30. The summed E-state index contributed by atoms with van der Waals surface area (Å²) in [5, 5.41) is 8.55. The molecule has 0 saturated heterocycles. The molecule has 0 aliphatic carbocycles. The predicted octanol–water partition coefficient (Wildman–Crippen LogP) is 1.60. The molecule has 2 nitrogen and oxygen atoms in total. The Hall–Kier alpha value is -0.0100. The number of alkyl halides is 1. The molecule has 0 aromatic rings. The Bertz CT molecular complexity index is 143. The fourth-order valence-electron chi connectivity index (χ4n) is 0.342. The second kappa shape index (κ2) is 7.10. The monoisotopic (exact) mass is 221 g/mol. The first-order valence-corrected chi connectivity index (χ1v) is 5.11. The molecule has 0 aliphatic rings. The fraction of sp³-hybridized carbons (Fsp3) is 0.667. The summed E-state index contributed by atoms with van der Waals surface area (Å²) in [7, 11) is 0. The van der Waals surface area contributed by atoms with E-state index < -0.39 is 0 Å². The zero-order valence-corrected chi connectivity index (χ0v) is 7.87. The number of thioether (sulfide) groups is 1. The molecular formula is C6H8BrNOS. The molecule has 0 spiro atoms. The lowest BCUT2D eigenvalue weighted by molar-refractivity contribution is -0.114. The molecule has 10 heavy (non-hydrogen) atoms. The van der Waals surface area contributed by atoms with Gasteiger partial charge in [-0.25, -0.2) is 0 Å². The molecule has 0 radical (unpaired) electrons. The van der Waals surface area contributed by atoms with E-state index in [1.807, 2.05) is 6.07 Å². The van der Waals surface area contributed by atoms with E-state index in [1.54, 1.807) is 0 Å². The van der Waals surface area contributed by atoms with Crippen LogP contribution < -0.4 is 0 Å². The van der Waals surface area contributed by atoms with Crippen LogP contribution in [-0.4, -0.2) is 22.6 Å². The Balaban J connectivity index is 3.05. The highest BCUT2D eigenvalue weighted by Gasteiger charge is 1.97. The van der Waals surface area contributed by atoms with Crippen molar-refractivity contribution in [2.45, 2.75) is 6.42 Å². The van der Waals surface area contributed by atoms with Crippen LogP contribution in [-0.2, 0) is 4.79 Å². The van der Waals surface area contributed by atoms with Crippen molar-refractivity contribution in [1.82, 2.24) is 0 Å².